The average molecular weight is 451 g/mol. The van der Waals surface area contributed by atoms with Gasteiger partial charge in [-0.3, -0.25) is 0 Å². The lowest BCUT2D eigenvalue weighted by molar-refractivity contribution is -0.145. The van der Waals surface area contributed by atoms with Gasteiger partial charge in [-0.2, -0.15) is 18.4 Å². The van der Waals surface area contributed by atoms with Crippen molar-refractivity contribution in [3.8, 4) is 22.5 Å². The second-order valence-corrected chi connectivity index (χ2v) is 7.28. The smallest absolute Gasteiger partial charge is 0.366 e. The highest BCUT2D eigenvalue weighted by Crippen LogP contribution is 2.31. The zero-order valence-electron chi connectivity index (χ0n) is 17.7. The zero-order chi connectivity index (χ0) is 23.4. The molecule has 2 N–H and O–H groups in total. The Kier molecular flexibility index (Phi) is 6.16. The van der Waals surface area contributed by atoms with Gasteiger partial charge in [0.2, 0.25) is 11.6 Å². The van der Waals surface area contributed by atoms with Gasteiger partial charge in [-0.05, 0) is 35.2 Å². The third kappa shape index (κ3) is 4.89. The number of anilines is 1. The molecule has 0 saturated carbocycles. The fourth-order valence-electron chi connectivity index (χ4n) is 3.45. The van der Waals surface area contributed by atoms with Crippen molar-refractivity contribution in [2.24, 2.45) is 0 Å². The highest BCUT2D eigenvalue weighted by Gasteiger charge is 2.35. The Bertz CT molecular complexity index is 1250. The average Bonchev–Trinajstić information content (AvgIpc) is 3.34. The Morgan fingerprint density at radius 2 is 1.76 bits per heavy atom. The highest BCUT2D eigenvalue weighted by molar-refractivity contribution is 5.80. The quantitative estimate of drug-likeness (QED) is 0.385. The second kappa shape index (κ2) is 9.19. The van der Waals surface area contributed by atoms with E-state index < -0.39 is 12.0 Å². The monoisotopic (exact) mass is 451 g/mol. The van der Waals surface area contributed by atoms with Crippen molar-refractivity contribution < 1.29 is 13.2 Å². The number of tetrazole rings is 1. The van der Waals surface area contributed by atoms with E-state index in [-0.39, 0.29) is 11.5 Å². The standard InChI is InChI=1S/C23H20F3N7/c1-3-6-17-14(2)28-22(23(24,25)26)29-20(17)27-13-15-9-11-16(12-10-15)18-7-4-5-8-19(18)21-30-32-33-31-21/h3-5,7-12H,1,6,13H2,2H3,(H,27,28,29)(H,30,31,32,33). The summed E-state index contributed by atoms with van der Waals surface area (Å²) in [5.41, 5.74) is 4.46. The first kappa shape index (κ1) is 22.1. The maximum atomic E-state index is 13.2. The van der Waals surface area contributed by atoms with Gasteiger partial charge in [0.25, 0.3) is 0 Å². The molecule has 2 aromatic carbocycles. The molecule has 0 bridgehead atoms. The van der Waals surface area contributed by atoms with E-state index in [1.807, 2.05) is 48.5 Å². The third-order valence-corrected chi connectivity index (χ3v) is 5.05. The van der Waals surface area contributed by atoms with Crippen LogP contribution >= 0.6 is 0 Å². The fourth-order valence-corrected chi connectivity index (χ4v) is 3.45. The van der Waals surface area contributed by atoms with Crippen LogP contribution in [0, 0.1) is 6.92 Å². The first-order chi connectivity index (χ1) is 15.9. The van der Waals surface area contributed by atoms with E-state index in [2.05, 4.69) is 42.5 Å². The molecule has 0 amide bonds. The zero-order valence-corrected chi connectivity index (χ0v) is 17.7. The van der Waals surface area contributed by atoms with Gasteiger partial charge >= 0.3 is 6.18 Å². The van der Waals surface area contributed by atoms with Crippen molar-refractivity contribution in [3.63, 3.8) is 0 Å². The van der Waals surface area contributed by atoms with Crippen LogP contribution in [-0.4, -0.2) is 30.6 Å². The van der Waals surface area contributed by atoms with Crippen LogP contribution < -0.4 is 5.32 Å². The number of aryl methyl sites for hydroxylation is 1. The number of nitrogens with one attached hydrogen (secondary N) is 2. The molecule has 0 fully saturated rings. The number of rotatable bonds is 7. The van der Waals surface area contributed by atoms with Crippen molar-refractivity contribution in [3.05, 3.63) is 83.8 Å². The number of nitrogens with zero attached hydrogens (tertiary/aromatic N) is 5. The van der Waals surface area contributed by atoms with Crippen LogP contribution in [0.3, 0.4) is 0 Å². The van der Waals surface area contributed by atoms with Crippen LogP contribution in [0.2, 0.25) is 0 Å². The minimum absolute atomic E-state index is 0.154. The number of aromatic nitrogens is 6. The van der Waals surface area contributed by atoms with Crippen LogP contribution in [0.15, 0.2) is 61.2 Å². The number of aromatic amines is 1. The van der Waals surface area contributed by atoms with Crippen LogP contribution in [0.1, 0.15) is 22.6 Å². The van der Waals surface area contributed by atoms with Gasteiger partial charge in [0.05, 0.1) is 0 Å². The predicted molar refractivity (Wildman–Crippen MR) is 118 cm³/mol. The number of benzene rings is 2. The van der Waals surface area contributed by atoms with E-state index in [4.69, 9.17) is 0 Å². The summed E-state index contributed by atoms with van der Waals surface area (Å²) in [4.78, 5) is 7.34. The Balaban J connectivity index is 1.57. The van der Waals surface area contributed by atoms with Gasteiger partial charge in [0, 0.05) is 23.4 Å². The Morgan fingerprint density at radius 3 is 2.39 bits per heavy atom. The van der Waals surface area contributed by atoms with Gasteiger partial charge in [0.15, 0.2) is 0 Å². The molecule has 0 aliphatic rings. The number of allylic oxidation sites excluding steroid dienone is 1. The minimum Gasteiger partial charge on any atom is -0.366 e. The SMILES string of the molecule is C=CCc1c(C)nc(C(F)(F)F)nc1NCc1ccc(-c2ccccc2-c2nn[nH]n2)cc1. The molecule has 168 valence electrons. The van der Waals surface area contributed by atoms with Crippen molar-refractivity contribution in [1.82, 2.24) is 30.6 Å². The lowest BCUT2D eigenvalue weighted by Gasteiger charge is -2.15. The Hall–Kier alpha value is -4.08. The first-order valence-electron chi connectivity index (χ1n) is 10.1. The molecule has 0 radical (unpaired) electrons. The summed E-state index contributed by atoms with van der Waals surface area (Å²) in [7, 11) is 0. The molecule has 7 nitrogen and oxygen atoms in total. The van der Waals surface area contributed by atoms with Gasteiger partial charge in [-0.25, -0.2) is 9.97 Å². The molecular weight excluding hydrogens is 431 g/mol. The molecule has 0 saturated heterocycles. The molecule has 4 aromatic rings. The van der Waals surface area contributed by atoms with E-state index in [0.717, 1.165) is 22.3 Å². The maximum absolute atomic E-state index is 13.2. The van der Waals surface area contributed by atoms with Gasteiger partial charge < -0.3 is 5.32 Å². The van der Waals surface area contributed by atoms with Crippen LogP contribution in [0.25, 0.3) is 22.5 Å². The van der Waals surface area contributed by atoms with Crippen LogP contribution in [0.4, 0.5) is 19.0 Å². The number of halogens is 3. The van der Waals surface area contributed by atoms with Gasteiger partial charge in [0.1, 0.15) is 5.82 Å². The van der Waals surface area contributed by atoms with Crippen molar-refractivity contribution >= 4 is 5.82 Å². The molecule has 10 heteroatoms. The minimum atomic E-state index is -4.62. The Morgan fingerprint density at radius 1 is 1.03 bits per heavy atom. The molecule has 0 atom stereocenters. The number of hydrogen-bond acceptors (Lipinski definition) is 6. The number of alkyl halides is 3. The summed E-state index contributed by atoms with van der Waals surface area (Å²) < 4.78 is 39.5. The summed E-state index contributed by atoms with van der Waals surface area (Å²) in [5.74, 6) is -0.518. The van der Waals surface area contributed by atoms with Crippen LogP contribution in [-0.2, 0) is 19.1 Å². The topological polar surface area (TPSA) is 92.3 Å². The van der Waals surface area contributed by atoms with Crippen molar-refractivity contribution in [2.75, 3.05) is 5.32 Å². The molecule has 0 aliphatic carbocycles. The van der Waals surface area contributed by atoms with E-state index >= 15 is 0 Å². The third-order valence-electron chi connectivity index (χ3n) is 5.05. The normalized spacial score (nSPS) is 11.4. The lowest BCUT2D eigenvalue weighted by atomic mass is 9.98. The summed E-state index contributed by atoms with van der Waals surface area (Å²) in [6, 6.07) is 15.4. The molecule has 0 aliphatic heterocycles. The molecule has 0 spiro atoms. The largest absolute Gasteiger partial charge is 0.451 e. The molecule has 33 heavy (non-hydrogen) atoms. The fraction of sp³-hybridized carbons (Fsp3) is 0.174. The first-order valence-corrected chi connectivity index (χ1v) is 10.1. The maximum Gasteiger partial charge on any atom is 0.451 e. The van der Waals surface area contributed by atoms with E-state index in [9.17, 15) is 13.2 Å². The van der Waals surface area contributed by atoms with Gasteiger partial charge in [-0.1, -0.05) is 54.6 Å². The lowest BCUT2D eigenvalue weighted by Crippen LogP contribution is -2.16. The predicted octanol–water partition coefficient (Wildman–Crippen LogP) is 4.99. The summed E-state index contributed by atoms with van der Waals surface area (Å²) in [6.45, 7) is 5.51. The molecule has 0 unspecified atom stereocenters. The highest BCUT2D eigenvalue weighted by atomic mass is 19.4. The molecule has 2 aromatic heterocycles. The molecule has 2 heterocycles. The second-order valence-electron chi connectivity index (χ2n) is 7.28. The summed E-state index contributed by atoms with van der Waals surface area (Å²) in [5, 5.41) is 17.2. The molecule has 4 rings (SSSR count). The number of H-pyrrole nitrogens is 1. The van der Waals surface area contributed by atoms with E-state index in [1.165, 1.54) is 6.92 Å². The van der Waals surface area contributed by atoms with Gasteiger partial charge in [-0.15, -0.1) is 16.8 Å². The Labute approximate surface area is 187 Å². The van der Waals surface area contributed by atoms with E-state index in [0.29, 0.717) is 24.4 Å². The summed E-state index contributed by atoms with van der Waals surface area (Å²) >= 11 is 0. The van der Waals surface area contributed by atoms with Crippen LogP contribution in [0.5, 0.6) is 0 Å². The van der Waals surface area contributed by atoms with Crippen molar-refractivity contribution in [2.45, 2.75) is 26.1 Å². The van der Waals surface area contributed by atoms with E-state index in [1.54, 1.807) is 6.08 Å². The number of hydrogen-bond donors (Lipinski definition) is 2. The molecular formula is C23H20F3N7. The summed E-state index contributed by atoms with van der Waals surface area (Å²) in [6.07, 6.45) is -2.65. The van der Waals surface area contributed by atoms with Crippen molar-refractivity contribution in [1.29, 1.82) is 0 Å².